The second-order valence-corrected chi connectivity index (χ2v) is 8.92. The smallest absolute Gasteiger partial charge is 0.247 e. The molecule has 3 aromatic rings. The number of nitrogens with two attached hydrogens (primary N) is 1. The van der Waals surface area contributed by atoms with E-state index in [-0.39, 0.29) is 10.8 Å². The van der Waals surface area contributed by atoms with Gasteiger partial charge in [0, 0.05) is 17.3 Å². The lowest BCUT2D eigenvalue weighted by Gasteiger charge is -2.12. The molecule has 3 N–H and O–H groups in total. The highest BCUT2D eigenvalue weighted by Gasteiger charge is 2.12. The van der Waals surface area contributed by atoms with Crippen LogP contribution in [0.3, 0.4) is 0 Å². The van der Waals surface area contributed by atoms with E-state index in [2.05, 4.69) is 4.98 Å². The Kier molecular flexibility index (Phi) is 6.22. The Labute approximate surface area is 162 Å². The maximum atomic E-state index is 11.4. The molecule has 2 heterocycles. The van der Waals surface area contributed by atoms with Gasteiger partial charge >= 0.3 is 0 Å². The lowest BCUT2D eigenvalue weighted by molar-refractivity contribution is 0.100. The fourth-order valence-electron chi connectivity index (χ4n) is 2.50. The molecular weight excluding hydrogens is 384 g/mol. The van der Waals surface area contributed by atoms with Crippen molar-refractivity contribution in [3.8, 4) is 16.2 Å². The number of hydrogen-bond donors (Lipinski definition) is 2. The van der Waals surface area contributed by atoms with E-state index in [1.807, 2.05) is 24.3 Å². The Morgan fingerprint density at radius 2 is 1.93 bits per heavy atom. The first-order chi connectivity index (χ1) is 12.9. The number of nitrogens with zero attached hydrogens (tertiary/aromatic N) is 1. The van der Waals surface area contributed by atoms with Gasteiger partial charge in [0.15, 0.2) is 0 Å². The fraction of sp³-hybridized carbons (Fsp3) is 0.211. The van der Waals surface area contributed by atoms with Gasteiger partial charge in [0.25, 0.3) is 0 Å². The molecule has 1 atom stereocenters. The maximum Gasteiger partial charge on any atom is 0.247 e. The zero-order chi connectivity index (χ0) is 19.3. The molecule has 0 spiro atoms. The monoisotopic (exact) mass is 404 g/mol. The summed E-state index contributed by atoms with van der Waals surface area (Å²) in [6.45, 7) is 0.203. The number of sulfonamides is 1. The number of pyridine rings is 1. The van der Waals surface area contributed by atoms with Gasteiger partial charge in [-0.1, -0.05) is 6.07 Å². The van der Waals surface area contributed by atoms with Crippen molar-refractivity contribution in [2.24, 2.45) is 5.14 Å². The standard InChI is InChI=1S/C19H20N2O4S2/c20-27(23,24)19-10-9-18(26-19)15-4-7-17(8-5-15)25-13-16(22)6-3-14-2-1-11-21-12-14/h1-2,4-5,7-12,16,22H,3,6,13H2,(H2,20,23,24)/t16-/m1/s1. The number of ether oxygens (including phenoxy) is 1. The van der Waals surface area contributed by atoms with Crippen LogP contribution in [-0.4, -0.2) is 31.2 Å². The van der Waals surface area contributed by atoms with Gasteiger partial charge in [0.05, 0.1) is 6.10 Å². The second kappa shape index (κ2) is 8.62. The van der Waals surface area contributed by atoms with Gasteiger partial charge in [-0.15, -0.1) is 11.3 Å². The van der Waals surface area contributed by atoms with Crippen molar-refractivity contribution in [3.63, 3.8) is 0 Å². The molecular formula is C19H20N2O4S2. The Hall–Kier alpha value is -2.26. The van der Waals surface area contributed by atoms with Gasteiger partial charge in [-0.25, -0.2) is 13.6 Å². The zero-order valence-corrected chi connectivity index (χ0v) is 16.1. The Balaban J connectivity index is 1.52. The highest BCUT2D eigenvalue weighted by atomic mass is 32.2. The average Bonchev–Trinajstić information content (AvgIpc) is 3.17. The number of benzene rings is 1. The summed E-state index contributed by atoms with van der Waals surface area (Å²) in [6, 6.07) is 14.3. The fourth-order valence-corrected chi connectivity index (χ4v) is 4.23. The first kappa shape index (κ1) is 19.5. The van der Waals surface area contributed by atoms with Crippen molar-refractivity contribution in [3.05, 3.63) is 66.5 Å². The minimum absolute atomic E-state index is 0.134. The van der Waals surface area contributed by atoms with E-state index in [0.717, 1.165) is 33.8 Å². The van der Waals surface area contributed by atoms with Crippen molar-refractivity contribution in [2.75, 3.05) is 6.61 Å². The first-order valence-electron chi connectivity index (χ1n) is 8.34. The van der Waals surface area contributed by atoms with E-state index in [4.69, 9.17) is 9.88 Å². The average molecular weight is 405 g/mol. The summed E-state index contributed by atoms with van der Waals surface area (Å²) in [6.07, 6.45) is 4.27. The van der Waals surface area contributed by atoms with E-state index >= 15 is 0 Å². The normalized spacial score (nSPS) is 12.7. The molecule has 0 aliphatic rings. The summed E-state index contributed by atoms with van der Waals surface area (Å²) in [5.74, 6) is 0.641. The number of primary sulfonamides is 1. The molecule has 0 unspecified atom stereocenters. The number of rotatable bonds is 8. The van der Waals surface area contributed by atoms with Gasteiger partial charge in [0.2, 0.25) is 10.0 Å². The van der Waals surface area contributed by atoms with Crippen LogP contribution in [-0.2, 0) is 16.4 Å². The molecule has 8 heteroatoms. The highest BCUT2D eigenvalue weighted by molar-refractivity contribution is 7.91. The van der Waals surface area contributed by atoms with E-state index in [9.17, 15) is 13.5 Å². The van der Waals surface area contributed by atoms with Gasteiger partial charge in [-0.2, -0.15) is 0 Å². The van der Waals surface area contributed by atoms with Crippen LogP contribution in [0.1, 0.15) is 12.0 Å². The van der Waals surface area contributed by atoms with Crippen LogP contribution in [0, 0.1) is 0 Å². The number of aliphatic hydroxyl groups excluding tert-OH is 1. The number of thiophene rings is 1. The molecule has 2 aromatic heterocycles. The summed E-state index contributed by atoms with van der Waals surface area (Å²) < 4.78 is 28.5. The van der Waals surface area contributed by atoms with Crippen LogP contribution >= 0.6 is 11.3 Å². The van der Waals surface area contributed by atoms with Gasteiger partial charge in [-0.3, -0.25) is 4.98 Å². The van der Waals surface area contributed by atoms with E-state index in [1.165, 1.54) is 6.07 Å². The minimum atomic E-state index is -3.68. The number of hydrogen-bond acceptors (Lipinski definition) is 6. The van der Waals surface area contributed by atoms with Gasteiger partial charge in [0.1, 0.15) is 16.6 Å². The van der Waals surface area contributed by atoms with E-state index < -0.39 is 16.1 Å². The molecule has 0 fully saturated rings. The molecule has 1 aromatic carbocycles. The number of aliphatic hydroxyl groups is 1. The Bertz CT molecular complexity index is 970. The van der Waals surface area contributed by atoms with Crippen LogP contribution in [0.5, 0.6) is 5.75 Å². The van der Waals surface area contributed by atoms with Crippen molar-refractivity contribution in [1.29, 1.82) is 0 Å². The molecule has 0 radical (unpaired) electrons. The molecule has 142 valence electrons. The molecule has 6 nitrogen and oxygen atoms in total. The molecule has 0 bridgehead atoms. The molecule has 0 amide bonds. The van der Waals surface area contributed by atoms with Crippen molar-refractivity contribution in [2.45, 2.75) is 23.2 Å². The van der Waals surface area contributed by atoms with Gasteiger partial charge in [-0.05, 0) is 66.4 Å². The third-order valence-electron chi connectivity index (χ3n) is 3.93. The van der Waals surface area contributed by atoms with Crippen LogP contribution in [0.4, 0.5) is 0 Å². The highest BCUT2D eigenvalue weighted by Crippen LogP contribution is 2.31. The summed E-state index contributed by atoms with van der Waals surface area (Å²) in [4.78, 5) is 4.86. The topological polar surface area (TPSA) is 103 Å². The summed E-state index contributed by atoms with van der Waals surface area (Å²) in [5.41, 5.74) is 1.95. The largest absolute Gasteiger partial charge is 0.491 e. The second-order valence-electron chi connectivity index (χ2n) is 6.05. The molecule has 0 saturated heterocycles. The zero-order valence-electron chi connectivity index (χ0n) is 14.5. The third-order valence-corrected chi connectivity index (χ3v) is 6.50. The predicted octanol–water partition coefficient (Wildman–Crippen LogP) is 2.83. The SMILES string of the molecule is NS(=O)(=O)c1ccc(-c2ccc(OC[C@H](O)CCc3cccnc3)cc2)s1. The van der Waals surface area contributed by atoms with Crippen molar-refractivity contribution in [1.82, 2.24) is 4.98 Å². The quantitative estimate of drug-likeness (QED) is 0.601. The molecule has 27 heavy (non-hydrogen) atoms. The maximum absolute atomic E-state index is 11.4. The summed E-state index contributed by atoms with van der Waals surface area (Å²) in [7, 11) is -3.68. The molecule has 0 aliphatic heterocycles. The summed E-state index contributed by atoms with van der Waals surface area (Å²) >= 11 is 1.12. The third kappa shape index (κ3) is 5.61. The number of aryl methyl sites for hydroxylation is 1. The number of aromatic nitrogens is 1. The molecule has 3 rings (SSSR count). The van der Waals surface area contributed by atoms with Crippen LogP contribution in [0.2, 0.25) is 0 Å². The molecule has 0 saturated carbocycles. The van der Waals surface area contributed by atoms with Gasteiger partial charge < -0.3 is 9.84 Å². The predicted molar refractivity (Wildman–Crippen MR) is 105 cm³/mol. The summed E-state index contributed by atoms with van der Waals surface area (Å²) in [5, 5.41) is 15.2. The van der Waals surface area contributed by atoms with E-state index in [0.29, 0.717) is 12.2 Å². The molecule has 0 aliphatic carbocycles. The Morgan fingerprint density at radius 3 is 2.56 bits per heavy atom. The van der Waals surface area contributed by atoms with Crippen LogP contribution < -0.4 is 9.88 Å². The first-order valence-corrected chi connectivity index (χ1v) is 10.7. The van der Waals surface area contributed by atoms with Crippen LogP contribution in [0.15, 0.2) is 65.1 Å². The van der Waals surface area contributed by atoms with Crippen molar-refractivity contribution >= 4 is 21.4 Å². The van der Waals surface area contributed by atoms with Crippen LogP contribution in [0.25, 0.3) is 10.4 Å². The minimum Gasteiger partial charge on any atom is -0.491 e. The van der Waals surface area contributed by atoms with Crippen molar-refractivity contribution < 1.29 is 18.3 Å². The lowest BCUT2D eigenvalue weighted by atomic mass is 10.1. The lowest BCUT2D eigenvalue weighted by Crippen LogP contribution is -2.18. The Morgan fingerprint density at radius 1 is 1.15 bits per heavy atom. The van der Waals surface area contributed by atoms with E-state index in [1.54, 1.807) is 30.6 Å².